The van der Waals surface area contributed by atoms with E-state index in [0.29, 0.717) is 22.2 Å². The lowest BCUT2D eigenvalue weighted by Crippen LogP contribution is -2.46. The van der Waals surface area contributed by atoms with Crippen LogP contribution >= 0.6 is 0 Å². The fraction of sp³-hybridized carbons (Fsp3) is 0.160. The molecule has 3 N–H and O–H groups in total. The summed E-state index contributed by atoms with van der Waals surface area (Å²) in [5.74, 6) is -2.02. The molecule has 1 aliphatic heterocycles. The normalized spacial score (nSPS) is 18.1. The Morgan fingerprint density at radius 1 is 1.11 bits per heavy atom. The topological polar surface area (TPSA) is 110 Å². The summed E-state index contributed by atoms with van der Waals surface area (Å²) < 4.78 is 28.0. The molecule has 10 heteroatoms. The van der Waals surface area contributed by atoms with Gasteiger partial charge in [-0.2, -0.15) is 0 Å². The molecule has 1 aromatic heterocycles. The summed E-state index contributed by atoms with van der Waals surface area (Å²) in [7, 11) is 1.34. The Bertz CT molecular complexity index is 1480. The lowest BCUT2D eigenvalue weighted by molar-refractivity contribution is -0.0677. The Morgan fingerprint density at radius 3 is 2.49 bits per heavy atom. The van der Waals surface area contributed by atoms with E-state index in [-0.39, 0.29) is 17.1 Å². The minimum atomic E-state index is -1.98. The van der Waals surface area contributed by atoms with Crippen LogP contribution in [0, 0.1) is 11.6 Å². The highest BCUT2D eigenvalue weighted by molar-refractivity contribution is 6.01. The summed E-state index contributed by atoms with van der Waals surface area (Å²) in [6.45, 7) is 1.58. The number of nitrogens with one attached hydrogen (secondary N) is 1. The predicted molar refractivity (Wildman–Crippen MR) is 123 cm³/mol. The highest BCUT2D eigenvalue weighted by atomic mass is 19.1. The van der Waals surface area contributed by atoms with Gasteiger partial charge in [0.25, 0.3) is 5.91 Å². The maximum absolute atomic E-state index is 14.0. The van der Waals surface area contributed by atoms with E-state index in [1.807, 2.05) is 0 Å². The van der Waals surface area contributed by atoms with Gasteiger partial charge in [0.2, 0.25) is 5.95 Å². The van der Waals surface area contributed by atoms with Crippen molar-refractivity contribution in [1.82, 2.24) is 14.9 Å². The fourth-order valence-corrected chi connectivity index (χ4v) is 4.56. The van der Waals surface area contributed by atoms with Crippen LogP contribution in [0.25, 0.3) is 11.0 Å². The number of carboxylic acid groups (broad SMARTS) is 1. The van der Waals surface area contributed by atoms with Gasteiger partial charge in [-0.05, 0) is 42.8 Å². The third-order valence-electron chi connectivity index (χ3n) is 6.33. The first-order chi connectivity index (χ1) is 16.6. The highest BCUT2D eigenvalue weighted by Gasteiger charge is 2.52. The zero-order valence-electron chi connectivity index (χ0n) is 18.7. The first kappa shape index (κ1) is 22.5. The van der Waals surface area contributed by atoms with Gasteiger partial charge in [0.1, 0.15) is 11.6 Å². The molecule has 178 valence electrons. The van der Waals surface area contributed by atoms with Gasteiger partial charge in [-0.1, -0.05) is 24.3 Å². The van der Waals surface area contributed by atoms with Crippen molar-refractivity contribution in [2.75, 3.05) is 11.9 Å². The molecule has 2 unspecified atom stereocenters. The molecular formula is C25H20F2N4O4. The maximum Gasteiger partial charge on any atom is 0.413 e. The number of aromatic nitrogens is 2. The summed E-state index contributed by atoms with van der Waals surface area (Å²) in [5.41, 5.74) is -0.0563. The van der Waals surface area contributed by atoms with Crippen LogP contribution in [0.15, 0.2) is 60.7 Å². The summed E-state index contributed by atoms with van der Waals surface area (Å²) in [6.07, 6.45) is -1.21. The average Bonchev–Trinajstić information content (AvgIpc) is 3.35. The Labute approximate surface area is 198 Å². The van der Waals surface area contributed by atoms with Crippen molar-refractivity contribution >= 4 is 29.0 Å². The molecule has 0 bridgehead atoms. The number of amides is 2. The molecule has 0 fully saturated rings. The number of aromatic amines is 1. The Hall–Kier alpha value is -4.31. The van der Waals surface area contributed by atoms with Crippen LogP contribution in [-0.4, -0.2) is 44.1 Å². The second kappa shape index (κ2) is 7.88. The van der Waals surface area contributed by atoms with E-state index in [0.717, 1.165) is 23.1 Å². The fourth-order valence-electron chi connectivity index (χ4n) is 4.56. The quantitative estimate of drug-likeness (QED) is 0.404. The molecule has 2 atom stereocenters. The first-order valence-electron chi connectivity index (χ1n) is 10.7. The van der Waals surface area contributed by atoms with Crippen LogP contribution in [0.4, 0.5) is 19.5 Å². The monoisotopic (exact) mass is 478 g/mol. The number of hydrogen-bond acceptors (Lipinski definition) is 4. The van der Waals surface area contributed by atoms with Crippen LogP contribution in [0.1, 0.15) is 40.0 Å². The van der Waals surface area contributed by atoms with Crippen LogP contribution in [-0.2, 0) is 5.72 Å². The van der Waals surface area contributed by atoms with Crippen molar-refractivity contribution in [2.24, 2.45) is 0 Å². The molecule has 2 heterocycles. The van der Waals surface area contributed by atoms with Gasteiger partial charge in [-0.15, -0.1) is 0 Å². The highest BCUT2D eigenvalue weighted by Crippen LogP contribution is 2.47. The minimum absolute atomic E-state index is 0.0833. The number of aliphatic hydroxyl groups is 1. The number of rotatable bonds is 4. The van der Waals surface area contributed by atoms with Crippen molar-refractivity contribution in [3.8, 4) is 0 Å². The molecule has 0 radical (unpaired) electrons. The minimum Gasteiger partial charge on any atom is -0.465 e. The Morgan fingerprint density at radius 2 is 1.80 bits per heavy atom. The van der Waals surface area contributed by atoms with Gasteiger partial charge in [0.05, 0.1) is 17.1 Å². The number of H-pyrrole nitrogens is 1. The van der Waals surface area contributed by atoms with E-state index in [1.54, 1.807) is 49.4 Å². The third kappa shape index (κ3) is 3.41. The van der Waals surface area contributed by atoms with E-state index in [1.165, 1.54) is 11.9 Å². The van der Waals surface area contributed by atoms with Crippen LogP contribution in [0.2, 0.25) is 0 Å². The second-order valence-electron chi connectivity index (χ2n) is 8.41. The number of carbonyl (C=O) groups is 2. The SMILES string of the molecule is CC(c1cc(F)cc(F)c1)N1C(=O)c2ccccc2C1(O)c1ccc2nc(N(C)C(=O)O)[nH]c2c1. The molecule has 3 aromatic carbocycles. The smallest absolute Gasteiger partial charge is 0.413 e. The molecule has 0 aliphatic carbocycles. The number of hydrogen-bond donors (Lipinski definition) is 3. The van der Waals surface area contributed by atoms with E-state index in [9.17, 15) is 28.6 Å². The van der Waals surface area contributed by atoms with Gasteiger partial charge in [0, 0.05) is 29.8 Å². The van der Waals surface area contributed by atoms with E-state index < -0.39 is 35.4 Å². The molecule has 0 spiro atoms. The summed E-state index contributed by atoms with van der Waals surface area (Å²) in [4.78, 5) is 34.0. The lowest BCUT2D eigenvalue weighted by atomic mass is 9.92. The number of fused-ring (bicyclic) bond motifs is 2. The van der Waals surface area contributed by atoms with Gasteiger partial charge < -0.3 is 15.2 Å². The standard InChI is InChI=1S/C25H20F2N4O4/c1-13(14-9-16(26)12-17(27)10-14)31-22(32)18-5-3-4-6-19(18)25(31,35)15-7-8-20-21(11-15)29-23(28-20)30(2)24(33)34/h3-13,35H,1-2H3,(H,28,29)(H,33,34). The number of benzene rings is 3. The predicted octanol–water partition coefficient (Wildman–Crippen LogP) is 4.37. The zero-order chi connectivity index (χ0) is 25.1. The molecule has 35 heavy (non-hydrogen) atoms. The molecule has 5 rings (SSSR count). The second-order valence-corrected chi connectivity index (χ2v) is 8.41. The Balaban J connectivity index is 1.68. The van der Waals surface area contributed by atoms with Crippen molar-refractivity contribution in [3.05, 3.63) is 94.6 Å². The van der Waals surface area contributed by atoms with Crippen molar-refractivity contribution in [2.45, 2.75) is 18.7 Å². The van der Waals surface area contributed by atoms with Gasteiger partial charge in [0.15, 0.2) is 5.72 Å². The molecule has 8 nitrogen and oxygen atoms in total. The first-order valence-corrected chi connectivity index (χ1v) is 10.7. The average molecular weight is 478 g/mol. The number of nitrogens with zero attached hydrogens (tertiary/aromatic N) is 3. The van der Waals surface area contributed by atoms with Crippen LogP contribution in [0.5, 0.6) is 0 Å². The molecule has 0 saturated heterocycles. The molecule has 0 saturated carbocycles. The van der Waals surface area contributed by atoms with Crippen molar-refractivity contribution < 1.29 is 28.6 Å². The summed E-state index contributed by atoms with van der Waals surface area (Å²) in [6, 6.07) is 13.4. The number of carbonyl (C=O) groups excluding carboxylic acids is 1. The third-order valence-corrected chi connectivity index (χ3v) is 6.33. The van der Waals surface area contributed by atoms with Crippen molar-refractivity contribution in [3.63, 3.8) is 0 Å². The largest absolute Gasteiger partial charge is 0.465 e. The number of halogens is 2. The lowest BCUT2D eigenvalue weighted by Gasteiger charge is -2.39. The number of imidazole rings is 1. The van der Waals surface area contributed by atoms with E-state index >= 15 is 0 Å². The molecule has 2 amide bonds. The summed E-state index contributed by atoms with van der Waals surface area (Å²) in [5, 5.41) is 21.4. The van der Waals surface area contributed by atoms with Gasteiger partial charge in [-0.3, -0.25) is 14.6 Å². The number of anilines is 1. The molecular weight excluding hydrogens is 458 g/mol. The van der Waals surface area contributed by atoms with Gasteiger partial charge in [-0.25, -0.2) is 18.6 Å². The van der Waals surface area contributed by atoms with E-state index in [4.69, 9.17) is 0 Å². The Kier molecular flexibility index (Phi) is 5.06. The van der Waals surface area contributed by atoms with Crippen LogP contribution in [0.3, 0.4) is 0 Å². The van der Waals surface area contributed by atoms with Crippen molar-refractivity contribution in [1.29, 1.82) is 0 Å². The maximum atomic E-state index is 14.0. The summed E-state index contributed by atoms with van der Waals surface area (Å²) >= 11 is 0. The molecule has 1 aliphatic rings. The van der Waals surface area contributed by atoms with Crippen LogP contribution < -0.4 is 4.90 Å². The van der Waals surface area contributed by atoms with Gasteiger partial charge >= 0.3 is 6.09 Å². The molecule has 4 aromatic rings. The zero-order valence-corrected chi connectivity index (χ0v) is 18.7. The van der Waals surface area contributed by atoms with E-state index in [2.05, 4.69) is 9.97 Å².